The second-order valence-corrected chi connectivity index (χ2v) is 5.41. The number of hydrogen-bond acceptors (Lipinski definition) is 2. The van der Waals surface area contributed by atoms with Crippen molar-refractivity contribution >= 4 is 23.5 Å². The smallest absolute Gasteiger partial charge is 0.326 e. The van der Waals surface area contributed by atoms with Gasteiger partial charge in [-0.1, -0.05) is 31.5 Å². The maximum Gasteiger partial charge on any atom is 0.326 e. The molecule has 0 fully saturated rings. The van der Waals surface area contributed by atoms with Gasteiger partial charge in [0.2, 0.25) is 5.91 Å². The monoisotopic (exact) mass is 301 g/mol. The number of carbonyl (C=O) groups excluding carboxylic acids is 1. The van der Waals surface area contributed by atoms with Crippen molar-refractivity contribution in [1.82, 2.24) is 5.32 Å². The Labute approximate surface area is 121 Å². The minimum Gasteiger partial charge on any atom is -0.480 e. The van der Waals surface area contributed by atoms with E-state index in [4.69, 9.17) is 16.7 Å². The molecule has 0 aliphatic carbocycles. The van der Waals surface area contributed by atoms with E-state index in [1.165, 1.54) is 12.1 Å². The number of halogens is 2. The molecular formula is C14H17ClFNO3. The van der Waals surface area contributed by atoms with Gasteiger partial charge in [0.1, 0.15) is 11.9 Å². The number of carboxylic acids is 1. The number of aliphatic carboxylic acids is 1. The van der Waals surface area contributed by atoms with E-state index < -0.39 is 23.7 Å². The van der Waals surface area contributed by atoms with Gasteiger partial charge in [-0.2, -0.15) is 0 Å². The highest BCUT2D eigenvalue weighted by molar-refractivity contribution is 6.31. The average Bonchev–Trinajstić information content (AvgIpc) is 2.31. The largest absolute Gasteiger partial charge is 0.480 e. The normalized spacial score (nSPS) is 12.2. The molecule has 0 unspecified atom stereocenters. The van der Waals surface area contributed by atoms with E-state index in [-0.39, 0.29) is 17.4 Å². The molecule has 1 atom stereocenters. The van der Waals surface area contributed by atoms with Crippen LogP contribution in [0.25, 0.3) is 0 Å². The molecule has 6 heteroatoms. The Morgan fingerprint density at radius 2 is 2.05 bits per heavy atom. The van der Waals surface area contributed by atoms with Crippen molar-refractivity contribution < 1.29 is 19.1 Å². The van der Waals surface area contributed by atoms with Gasteiger partial charge in [-0.25, -0.2) is 9.18 Å². The van der Waals surface area contributed by atoms with Gasteiger partial charge in [0, 0.05) is 5.02 Å². The lowest BCUT2D eigenvalue weighted by Gasteiger charge is -2.16. The number of carboxylic acid groups (broad SMARTS) is 1. The predicted molar refractivity (Wildman–Crippen MR) is 74.1 cm³/mol. The van der Waals surface area contributed by atoms with Crippen LogP contribution in [-0.4, -0.2) is 23.0 Å². The fourth-order valence-electron chi connectivity index (χ4n) is 1.78. The number of rotatable bonds is 6. The van der Waals surface area contributed by atoms with Crippen LogP contribution in [0.3, 0.4) is 0 Å². The number of carbonyl (C=O) groups is 2. The zero-order valence-corrected chi connectivity index (χ0v) is 12.1. The summed E-state index contributed by atoms with van der Waals surface area (Å²) in [5.41, 5.74) is 0.458. The van der Waals surface area contributed by atoms with Crippen LogP contribution in [0.4, 0.5) is 4.39 Å². The summed E-state index contributed by atoms with van der Waals surface area (Å²) in [6.45, 7) is 3.75. The average molecular weight is 302 g/mol. The topological polar surface area (TPSA) is 66.4 Å². The third-order valence-electron chi connectivity index (χ3n) is 2.71. The molecule has 0 saturated carbocycles. The molecule has 2 N–H and O–H groups in total. The van der Waals surface area contributed by atoms with Crippen molar-refractivity contribution in [2.75, 3.05) is 0 Å². The maximum atomic E-state index is 12.9. The summed E-state index contributed by atoms with van der Waals surface area (Å²) >= 11 is 5.82. The molecule has 0 heterocycles. The molecule has 0 aromatic heterocycles. The first kappa shape index (κ1) is 16.4. The summed E-state index contributed by atoms with van der Waals surface area (Å²) in [6.07, 6.45) is 0.263. The minimum atomic E-state index is -1.07. The molecule has 1 aromatic carbocycles. The molecule has 0 radical (unpaired) electrons. The molecule has 1 amide bonds. The highest BCUT2D eigenvalue weighted by Gasteiger charge is 2.21. The van der Waals surface area contributed by atoms with Gasteiger partial charge in [-0.3, -0.25) is 4.79 Å². The molecule has 4 nitrogen and oxygen atoms in total. The van der Waals surface area contributed by atoms with Crippen molar-refractivity contribution in [1.29, 1.82) is 0 Å². The van der Waals surface area contributed by atoms with Gasteiger partial charge in [-0.05, 0) is 30.0 Å². The van der Waals surface area contributed by atoms with E-state index in [2.05, 4.69) is 5.32 Å². The van der Waals surface area contributed by atoms with E-state index in [1.807, 2.05) is 13.8 Å². The van der Waals surface area contributed by atoms with Crippen LogP contribution in [0, 0.1) is 11.7 Å². The first-order valence-electron chi connectivity index (χ1n) is 6.25. The van der Waals surface area contributed by atoms with Gasteiger partial charge in [-0.15, -0.1) is 0 Å². The summed E-state index contributed by atoms with van der Waals surface area (Å²) in [4.78, 5) is 22.9. The van der Waals surface area contributed by atoms with Gasteiger partial charge in [0.05, 0.1) is 6.42 Å². The molecule has 110 valence electrons. The lowest BCUT2D eigenvalue weighted by atomic mass is 10.0. The van der Waals surface area contributed by atoms with Gasteiger partial charge in [0.15, 0.2) is 0 Å². The number of benzene rings is 1. The van der Waals surface area contributed by atoms with Crippen molar-refractivity contribution in [2.45, 2.75) is 32.7 Å². The molecule has 1 rings (SSSR count). The SMILES string of the molecule is CC(C)C[C@@H](NC(=O)Cc1ccc(F)cc1Cl)C(=O)O. The van der Waals surface area contributed by atoms with E-state index >= 15 is 0 Å². The van der Waals surface area contributed by atoms with Crippen molar-refractivity contribution in [3.8, 4) is 0 Å². The molecule has 20 heavy (non-hydrogen) atoms. The van der Waals surface area contributed by atoms with Crippen LogP contribution in [0.5, 0.6) is 0 Å². The Morgan fingerprint density at radius 3 is 2.55 bits per heavy atom. The first-order valence-corrected chi connectivity index (χ1v) is 6.63. The van der Waals surface area contributed by atoms with Crippen molar-refractivity contribution in [3.63, 3.8) is 0 Å². The third-order valence-corrected chi connectivity index (χ3v) is 3.06. The van der Waals surface area contributed by atoms with Crippen LogP contribution in [-0.2, 0) is 16.0 Å². The standard InChI is InChI=1S/C14H17ClFNO3/c1-8(2)5-12(14(19)20)17-13(18)6-9-3-4-10(16)7-11(9)15/h3-4,7-8,12H,5-6H2,1-2H3,(H,17,18)(H,19,20)/t12-/m1/s1. The number of nitrogens with one attached hydrogen (secondary N) is 1. The van der Waals surface area contributed by atoms with Crippen molar-refractivity contribution in [3.05, 3.63) is 34.6 Å². The van der Waals surface area contributed by atoms with Crippen LogP contribution >= 0.6 is 11.6 Å². The fraction of sp³-hybridized carbons (Fsp3) is 0.429. The Morgan fingerprint density at radius 1 is 1.40 bits per heavy atom. The molecule has 0 aliphatic heterocycles. The molecule has 0 spiro atoms. The lowest BCUT2D eigenvalue weighted by molar-refractivity contribution is -0.142. The van der Waals surface area contributed by atoms with E-state index in [0.29, 0.717) is 12.0 Å². The van der Waals surface area contributed by atoms with E-state index in [1.54, 1.807) is 0 Å². The summed E-state index contributed by atoms with van der Waals surface area (Å²) in [6, 6.07) is 2.81. The summed E-state index contributed by atoms with van der Waals surface area (Å²) < 4.78 is 12.9. The Hall–Kier alpha value is -1.62. The summed E-state index contributed by atoms with van der Waals surface area (Å²) in [7, 11) is 0. The minimum absolute atomic E-state index is 0.0824. The zero-order chi connectivity index (χ0) is 15.3. The molecule has 0 aliphatic rings. The van der Waals surface area contributed by atoms with Gasteiger partial charge < -0.3 is 10.4 Å². The van der Waals surface area contributed by atoms with Crippen LogP contribution in [0.15, 0.2) is 18.2 Å². The Kier molecular flexibility index (Phi) is 5.95. The predicted octanol–water partition coefficient (Wildman–Crippen LogP) is 2.64. The van der Waals surface area contributed by atoms with Crippen molar-refractivity contribution in [2.24, 2.45) is 5.92 Å². The first-order chi connectivity index (χ1) is 9.29. The fourth-order valence-corrected chi connectivity index (χ4v) is 2.01. The van der Waals surface area contributed by atoms with Gasteiger partial charge in [0.25, 0.3) is 0 Å². The second-order valence-electron chi connectivity index (χ2n) is 5.00. The number of amides is 1. The van der Waals surface area contributed by atoms with E-state index in [0.717, 1.165) is 6.07 Å². The Balaban J connectivity index is 2.68. The highest BCUT2D eigenvalue weighted by Crippen LogP contribution is 2.17. The number of hydrogen-bond donors (Lipinski definition) is 2. The van der Waals surface area contributed by atoms with E-state index in [9.17, 15) is 14.0 Å². The third kappa shape index (κ3) is 5.17. The quantitative estimate of drug-likeness (QED) is 0.849. The second kappa shape index (κ2) is 7.24. The molecule has 1 aromatic rings. The van der Waals surface area contributed by atoms with Crippen LogP contribution in [0.1, 0.15) is 25.8 Å². The van der Waals surface area contributed by atoms with Crippen LogP contribution < -0.4 is 5.32 Å². The lowest BCUT2D eigenvalue weighted by Crippen LogP contribution is -2.42. The summed E-state index contributed by atoms with van der Waals surface area (Å²) in [5.74, 6) is -1.86. The Bertz CT molecular complexity index is 505. The molecule has 0 saturated heterocycles. The summed E-state index contributed by atoms with van der Waals surface area (Å²) in [5, 5.41) is 11.6. The molecule has 0 bridgehead atoms. The maximum absolute atomic E-state index is 12.9. The van der Waals surface area contributed by atoms with Gasteiger partial charge >= 0.3 is 5.97 Å². The van der Waals surface area contributed by atoms with Crippen LogP contribution in [0.2, 0.25) is 5.02 Å². The highest BCUT2D eigenvalue weighted by atomic mass is 35.5. The zero-order valence-electron chi connectivity index (χ0n) is 11.3. The molecular weight excluding hydrogens is 285 g/mol.